The van der Waals surface area contributed by atoms with Crippen LogP contribution in [-0.2, 0) is 14.8 Å². The van der Waals surface area contributed by atoms with Gasteiger partial charge in [0.25, 0.3) is 0 Å². The zero-order chi connectivity index (χ0) is 14.9. The monoisotopic (exact) mass is 312 g/mol. The highest BCUT2D eigenvalue weighted by molar-refractivity contribution is 8.02. The fraction of sp³-hybridized carbons (Fsp3) is 0.308. The molecule has 0 saturated carbocycles. The van der Waals surface area contributed by atoms with Gasteiger partial charge in [0.1, 0.15) is 6.29 Å². The van der Waals surface area contributed by atoms with Gasteiger partial charge in [-0.1, -0.05) is 11.8 Å². The molecule has 1 heterocycles. The van der Waals surface area contributed by atoms with E-state index in [0.717, 1.165) is 22.6 Å². The quantitative estimate of drug-likeness (QED) is 0.797. The Bertz CT molecular complexity index is 668. The summed E-state index contributed by atoms with van der Waals surface area (Å²) in [5.74, 6) is 0. The van der Waals surface area contributed by atoms with Crippen LogP contribution in [0.15, 0.2) is 34.2 Å². The summed E-state index contributed by atoms with van der Waals surface area (Å²) >= 11 is 1.50. The molecule has 0 radical (unpaired) electrons. The largest absolute Gasteiger partial charge is 0.346 e. The predicted octanol–water partition coefficient (Wildman–Crippen LogP) is 2.05. The van der Waals surface area contributed by atoms with Gasteiger partial charge in [-0.2, -0.15) is 0 Å². The normalized spacial score (nSPS) is 14.6. The van der Waals surface area contributed by atoms with Crippen molar-refractivity contribution in [3.8, 4) is 0 Å². The number of sulfonamides is 1. The van der Waals surface area contributed by atoms with Crippen LogP contribution in [0.2, 0.25) is 0 Å². The molecule has 1 aromatic carbocycles. The van der Waals surface area contributed by atoms with Crippen LogP contribution in [0.3, 0.4) is 0 Å². The Balaban J connectivity index is 2.37. The SMILES string of the molecule is CN1C(CC=O)=CSc2cc(N(C)S(C)(=O)=O)ccc21. The number of carbonyl (C=O) groups is 1. The van der Waals surface area contributed by atoms with E-state index in [4.69, 9.17) is 0 Å². The van der Waals surface area contributed by atoms with Crippen LogP contribution >= 0.6 is 11.8 Å². The molecule has 7 heteroatoms. The van der Waals surface area contributed by atoms with Gasteiger partial charge in [-0.15, -0.1) is 0 Å². The summed E-state index contributed by atoms with van der Waals surface area (Å²) in [5, 5.41) is 1.92. The maximum Gasteiger partial charge on any atom is 0.231 e. The first-order chi connectivity index (χ1) is 9.34. The van der Waals surface area contributed by atoms with Crippen LogP contribution in [0.4, 0.5) is 11.4 Å². The zero-order valence-electron chi connectivity index (χ0n) is 11.5. The molecular weight excluding hydrogens is 296 g/mol. The topological polar surface area (TPSA) is 57.7 Å². The van der Waals surface area contributed by atoms with Gasteiger partial charge in [0.15, 0.2) is 0 Å². The van der Waals surface area contributed by atoms with Crippen LogP contribution in [0, 0.1) is 0 Å². The minimum Gasteiger partial charge on any atom is -0.346 e. The summed E-state index contributed by atoms with van der Waals surface area (Å²) in [7, 11) is 0.160. The first-order valence-electron chi connectivity index (χ1n) is 5.95. The van der Waals surface area contributed by atoms with Crippen LogP contribution < -0.4 is 9.21 Å². The third-order valence-electron chi connectivity index (χ3n) is 3.21. The lowest BCUT2D eigenvalue weighted by Crippen LogP contribution is -2.25. The van der Waals surface area contributed by atoms with E-state index in [1.165, 1.54) is 29.4 Å². The zero-order valence-corrected chi connectivity index (χ0v) is 13.2. The number of nitrogens with zero attached hydrogens (tertiary/aromatic N) is 2. The Morgan fingerprint density at radius 2 is 2.10 bits per heavy atom. The van der Waals surface area contributed by atoms with Crippen molar-refractivity contribution in [1.29, 1.82) is 0 Å². The van der Waals surface area contributed by atoms with E-state index in [1.807, 2.05) is 29.5 Å². The average molecular weight is 312 g/mol. The summed E-state index contributed by atoms with van der Waals surface area (Å²) in [6.07, 6.45) is 2.42. The van der Waals surface area contributed by atoms with Crippen molar-refractivity contribution >= 4 is 39.4 Å². The van der Waals surface area contributed by atoms with Gasteiger partial charge in [-0.25, -0.2) is 8.42 Å². The molecule has 1 aliphatic heterocycles. The highest BCUT2D eigenvalue weighted by Crippen LogP contribution is 2.40. The van der Waals surface area contributed by atoms with Crippen molar-refractivity contribution in [2.75, 3.05) is 29.6 Å². The van der Waals surface area contributed by atoms with Gasteiger partial charge in [-0.05, 0) is 23.6 Å². The molecule has 1 aromatic rings. The molecule has 0 spiro atoms. The number of anilines is 2. The Labute approximate surface area is 123 Å². The summed E-state index contributed by atoms with van der Waals surface area (Å²) in [6.45, 7) is 0. The van der Waals surface area contributed by atoms with Gasteiger partial charge >= 0.3 is 0 Å². The van der Waals surface area contributed by atoms with Crippen molar-refractivity contribution in [2.24, 2.45) is 0 Å². The molecule has 0 saturated heterocycles. The minimum atomic E-state index is -3.27. The van der Waals surface area contributed by atoms with Crippen molar-refractivity contribution < 1.29 is 13.2 Å². The van der Waals surface area contributed by atoms with Crippen LogP contribution in [0.5, 0.6) is 0 Å². The first-order valence-corrected chi connectivity index (χ1v) is 8.68. The molecule has 0 unspecified atom stereocenters. The highest BCUT2D eigenvalue weighted by atomic mass is 32.2. The molecule has 0 fully saturated rings. The van der Waals surface area contributed by atoms with Crippen LogP contribution in [-0.4, -0.2) is 35.1 Å². The Kier molecular flexibility index (Phi) is 4.10. The standard InChI is InChI=1S/C13H16N2O3S2/c1-14-11(6-7-16)9-19-13-8-10(4-5-12(13)14)15(2)20(3,17)18/h4-5,7-9H,6H2,1-3H3. The molecule has 0 amide bonds. The molecule has 0 N–H and O–H groups in total. The molecule has 0 bridgehead atoms. The molecule has 20 heavy (non-hydrogen) atoms. The molecule has 0 atom stereocenters. The molecule has 2 rings (SSSR count). The smallest absolute Gasteiger partial charge is 0.231 e. The number of rotatable bonds is 4. The van der Waals surface area contributed by atoms with Gasteiger partial charge in [0.2, 0.25) is 10.0 Å². The third-order valence-corrected chi connectivity index (χ3v) is 5.39. The lowest BCUT2D eigenvalue weighted by molar-refractivity contribution is -0.107. The van der Waals surface area contributed by atoms with Crippen molar-refractivity contribution in [3.05, 3.63) is 29.3 Å². The van der Waals surface area contributed by atoms with E-state index >= 15 is 0 Å². The maximum absolute atomic E-state index is 11.6. The van der Waals surface area contributed by atoms with E-state index in [1.54, 1.807) is 6.07 Å². The van der Waals surface area contributed by atoms with E-state index in [9.17, 15) is 13.2 Å². The summed E-state index contributed by atoms with van der Waals surface area (Å²) < 4.78 is 24.4. The van der Waals surface area contributed by atoms with Gasteiger partial charge in [-0.3, -0.25) is 4.31 Å². The third kappa shape index (κ3) is 2.83. The van der Waals surface area contributed by atoms with Gasteiger partial charge in [0.05, 0.1) is 17.6 Å². The second-order valence-electron chi connectivity index (χ2n) is 4.54. The number of aldehydes is 1. The molecule has 1 aliphatic rings. The molecule has 5 nitrogen and oxygen atoms in total. The second kappa shape index (κ2) is 5.49. The van der Waals surface area contributed by atoms with Gasteiger partial charge < -0.3 is 9.69 Å². The Morgan fingerprint density at radius 3 is 2.70 bits per heavy atom. The fourth-order valence-electron chi connectivity index (χ4n) is 1.90. The number of fused-ring (bicyclic) bond motifs is 1. The number of hydrogen-bond donors (Lipinski definition) is 0. The average Bonchev–Trinajstić information content (AvgIpc) is 2.40. The van der Waals surface area contributed by atoms with E-state index in [2.05, 4.69) is 0 Å². The second-order valence-corrected chi connectivity index (χ2v) is 7.46. The molecule has 0 aliphatic carbocycles. The van der Waals surface area contributed by atoms with Crippen LogP contribution in [0.25, 0.3) is 0 Å². The number of allylic oxidation sites excluding steroid dienone is 1. The lowest BCUT2D eigenvalue weighted by Gasteiger charge is -2.29. The predicted molar refractivity (Wildman–Crippen MR) is 82.7 cm³/mol. The summed E-state index contributed by atoms with van der Waals surface area (Å²) in [6, 6.07) is 5.48. The van der Waals surface area contributed by atoms with E-state index < -0.39 is 10.0 Å². The maximum atomic E-state index is 11.6. The fourth-order valence-corrected chi connectivity index (χ4v) is 3.43. The molecular formula is C13H16N2O3S2. The minimum absolute atomic E-state index is 0.369. The lowest BCUT2D eigenvalue weighted by atomic mass is 10.2. The number of hydrogen-bond acceptors (Lipinski definition) is 5. The van der Waals surface area contributed by atoms with Crippen molar-refractivity contribution in [3.63, 3.8) is 0 Å². The number of carbonyl (C=O) groups excluding carboxylic acids is 1. The van der Waals surface area contributed by atoms with Crippen molar-refractivity contribution in [1.82, 2.24) is 0 Å². The summed E-state index contributed by atoms with van der Waals surface area (Å²) in [5.41, 5.74) is 2.53. The Morgan fingerprint density at radius 1 is 1.40 bits per heavy atom. The highest BCUT2D eigenvalue weighted by Gasteiger charge is 2.19. The van der Waals surface area contributed by atoms with E-state index in [0.29, 0.717) is 12.1 Å². The van der Waals surface area contributed by atoms with Crippen LogP contribution in [0.1, 0.15) is 6.42 Å². The number of thioether (sulfide) groups is 1. The Hall–Kier alpha value is -1.47. The number of benzene rings is 1. The summed E-state index contributed by atoms with van der Waals surface area (Å²) in [4.78, 5) is 13.6. The molecule has 0 aromatic heterocycles. The van der Waals surface area contributed by atoms with Gasteiger partial charge in [0, 0.05) is 31.1 Å². The van der Waals surface area contributed by atoms with Crippen molar-refractivity contribution in [2.45, 2.75) is 11.3 Å². The van der Waals surface area contributed by atoms with E-state index in [-0.39, 0.29) is 0 Å². The first kappa shape index (κ1) is 14.9. The molecule has 108 valence electrons.